The molecule has 0 spiro atoms. The second-order valence-electron chi connectivity index (χ2n) is 6.47. The molecule has 1 N–H and O–H groups in total. The second-order valence-corrected chi connectivity index (χ2v) is 6.47. The highest BCUT2D eigenvalue weighted by molar-refractivity contribution is 5.88. The summed E-state index contributed by atoms with van der Waals surface area (Å²) in [6, 6.07) is 6.90. The van der Waals surface area contributed by atoms with Crippen LogP contribution < -0.4 is 5.32 Å². The minimum atomic E-state index is 1.14. The maximum Gasteiger partial charge on any atom is 0.0517 e. The summed E-state index contributed by atoms with van der Waals surface area (Å²) in [6.07, 6.45) is 3.73. The van der Waals surface area contributed by atoms with Gasteiger partial charge in [0, 0.05) is 50.3 Å². The highest BCUT2D eigenvalue weighted by Crippen LogP contribution is 2.32. The molecule has 2 aromatic rings. The van der Waals surface area contributed by atoms with E-state index in [0.29, 0.717) is 0 Å². The summed E-state index contributed by atoms with van der Waals surface area (Å²) in [6.45, 7) is 9.41. The molecular weight excluding hydrogens is 258 g/mol. The van der Waals surface area contributed by atoms with Crippen LogP contribution in [0.1, 0.15) is 23.2 Å². The average Bonchev–Trinajstić information content (AvgIpc) is 2.81. The minimum Gasteiger partial charge on any atom is -0.344 e. The van der Waals surface area contributed by atoms with Gasteiger partial charge < -0.3 is 14.8 Å². The molecule has 1 aromatic carbocycles. The smallest absolute Gasteiger partial charge is 0.0517 e. The van der Waals surface area contributed by atoms with E-state index >= 15 is 0 Å². The molecule has 0 saturated carbocycles. The molecule has 1 fully saturated rings. The van der Waals surface area contributed by atoms with Crippen molar-refractivity contribution in [2.45, 2.75) is 32.7 Å². The Hall–Kier alpha value is -1.32. The zero-order chi connectivity index (χ0) is 14.2. The lowest BCUT2D eigenvalue weighted by Crippen LogP contribution is -2.44. The molecule has 3 heteroatoms. The van der Waals surface area contributed by atoms with Crippen molar-refractivity contribution in [3.63, 3.8) is 0 Å². The van der Waals surface area contributed by atoms with Gasteiger partial charge in [0.05, 0.1) is 5.52 Å². The fourth-order valence-corrected chi connectivity index (χ4v) is 4.11. The van der Waals surface area contributed by atoms with Crippen LogP contribution in [0.25, 0.3) is 10.9 Å². The number of rotatable bonds is 3. The minimum absolute atomic E-state index is 1.14. The third-order valence-corrected chi connectivity index (χ3v) is 5.27. The molecule has 0 aliphatic carbocycles. The number of nitrogens with zero attached hydrogens (tertiary/aromatic N) is 2. The van der Waals surface area contributed by atoms with Crippen LogP contribution in [0.5, 0.6) is 0 Å². The van der Waals surface area contributed by atoms with Gasteiger partial charge >= 0.3 is 0 Å². The lowest BCUT2D eigenvalue weighted by Gasteiger charge is -2.27. The summed E-state index contributed by atoms with van der Waals surface area (Å²) in [5, 5.41) is 4.95. The number of para-hydroxylation sites is 1. The van der Waals surface area contributed by atoms with Crippen molar-refractivity contribution in [2.75, 3.05) is 32.7 Å². The van der Waals surface area contributed by atoms with E-state index in [-0.39, 0.29) is 0 Å². The standard InChI is InChI=1S/C18H25N3/c1-14-16(7-11-20-12-8-19-9-13-20)17-6-2-4-15-5-3-10-21(14)18(15)17/h2,4,6,19H,3,5,7-13H2,1H3. The van der Waals surface area contributed by atoms with Gasteiger partial charge in [-0.25, -0.2) is 0 Å². The van der Waals surface area contributed by atoms with Crippen molar-refractivity contribution in [3.05, 3.63) is 35.0 Å². The Morgan fingerprint density at radius 2 is 2.00 bits per heavy atom. The first-order valence-corrected chi connectivity index (χ1v) is 8.37. The number of aromatic nitrogens is 1. The van der Waals surface area contributed by atoms with Crippen molar-refractivity contribution in [2.24, 2.45) is 0 Å². The maximum atomic E-state index is 3.44. The number of hydrogen-bond acceptors (Lipinski definition) is 2. The number of aryl methyl sites for hydroxylation is 2. The first-order chi connectivity index (χ1) is 10.3. The predicted molar refractivity (Wildman–Crippen MR) is 88.0 cm³/mol. The quantitative estimate of drug-likeness (QED) is 0.933. The molecule has 0 bridgehead atoms. The van der Waals surface area contributed by atoms with Gasteiger partial charge in [-0.2, -0.15) is 0 Å². The summed E-state index contributed by atoms with van der Waals surface area (Å²) < 4.78 is 2.57. The Labute approximate surface area is 126 Å². The Morgan fingerprint density at radius 1 is 1.14 bits per heavy atom. The lowest BCUT2D eigenvalue weighted by molar-refractivity contribution is 0.244. The summed E-state index contributed by atoms with van der Waals surface area (Å²) in [5.41, 5.74) is 6.17. The summed E-state index contributed by atoms with van der Waals surface area (Å²) in [7, 11) is 0. The first-order valence-electron chi connectivity index (χ1n) is 8.37. The van der Waals surface area contributed by atoms with Gasteiger partial charge in [0.15, 0.2) is 0 Å². The lowest BCUT2D eigenvalue weighted by atomic mass is 10.0. The molecular formula is C18H25N3. The predicted octanol–water partition coefficient (Wildman–Crippen LogP) is 2.34. The van der Waals surface area contributed by atoms with E-state index in [9.17, 15) is 0 Å². The van der Waals surface area contributed by atoms with Crippen LogP contribution in [0.3, 0.4) is 0 Å². The molecule has 0 radical (unpaired) electrons. The number of hydrogen-bond donors (Lipinski definition) is 1. The number of nitrogens with one attached hydrogen (secondary N) is 1. The fraction of sp³-hybridized carbons (Fsp3) is 0.556. The number of piperazine rings is 1. The van der Waals surface area contributed by atoms with Crippen LogP contribution in [0.4, 0.5) is 0 Å². The molecule has 4 rings (SSSR count). The molecule has 3 nitrogen and oxygen atoms in total. The van der Waals surface area contributed by atoms with E-state index in [2.05, 4.69) is 39.9 Å². The third-order valence-electron chi connectivity index (χ3n) is 5.27. The molecule has 21 heavy (non-hydrogen) atoms. The van der Waals surface area contributed by atoms with Crippen molar-refractivity contribution in [3.8, 4) is 0 Å². The topological polar surface area (TPSA) is 20.2 Å². The zero-order valence-corrected chi connectivity index (χ0v) is 13.0. The maximum absolute atomic E-state index is 3.44. The van der Waals surface area contributed by atoms with Gasteiger partial charge in [-0.15, -0.1) is 0 Å². The average molecular weight is 283 g/mol. The molecule has 0 unspecified atom stereocenters. The molecule has 2 aliphatic heterocycles. The molecule has 3 heterocycles. The van der Waals surface area contributed by atoms with E-state index in [1.165, 1.54) is 62.0 Å². The molecule has 0 atom stereocenters. The van der Waals surface area contributed by atoms with E-state index < -0.39 is 0 Å². The van der Waals surface area contributed by atoms with Gasteiger partial charge in [-0.05, 0) is 37.3 Å². The van der Waals surface area contributed by atoms with E-state index in [0.717, 1.165) is 13.1 Å². The Balaban J connectivity index is 1.66. The second kappa shape index (κ2) is 5.47. The van der Waals surface area contributed by atoms with Crippen LogP contribution in [0.2, 0.25) is 0 Å². The SMILES string of the molecule is Cc1c(CCN2CCNCC2)c2cccc3c2n1CCC3. The molecule has 1 aromatic heterocycles. The molecule has 2 aliphatic rings. The van der Waals surface area contributed by atoms with Gasteiger partial charge in [0.1, 0.15) is 0 Å². The normalized spacial score (nSPS) is 19.3. The van der Waals surface area contributed by atoms with Gasteiger partial charge in [-0.1, -0.05) is 18.2 Å². The highest BCUT2D eigenvalue weighted by atomic mass is 15.2. The summed E-state index contributed by atoms with van der Waals surface area (Å²) in [4.78, 5) is 2.60. The Morgan fingerprint density at radius 3 is 2.86 bits per heavy atom. The molecule has 1 saturated heterocycles. The van der Waals surface area contributed by atoms with Crippen LogP contribution in [0, 0.1) is 6.92 Å². The van der Waals surface area contributed by atoms with E-state index in [4.69, 9.17) is 0 Å². The van der Waals surface area contributed by atoms with Crippen LogP contribution in [-0.2, 0) is 19.4 Å². The summed E-state index contributed by atoms with van der Waals surface area (Å²) >= 11 is 0. The summed E-state index contributed by atoms with van der Waals surface area (Å²) in [5.74, 6) is 0. The van der Waals surface area contributed by atoms with Gasteiger partial charge in [0.25, 0.3) is 0 Å². The fourth-order valence-electron chi connectivity index (χ4n) is 4.11. The molecule has 0 amide bonds. The van der Waals surface area contributed by atoms with E-state index in [1.807, 2.05) is 0 Å². The van der Waals surface area contributed by atoms with Gasteiger partial charge in [-0.3, -0.25) is 0 Å². The number of benzene rings is 1. The Bertz CT molecular complexity index is 650. The van der Waals surface area contributed by atoms with E-state index in [1.54, 1.807) is 11.1 Å². The third kappa shape index (κ3) is 2.29. The largest absolute Gasteiger partial charge is 0.344 e. The van der Waals surface area contributed by atoms with Crippen molar-refractivity contribution in [1.82, 2.24) is 14.8 Å². The van der Waals surface area contributed by atoms with Crippen molar-refractivity contribution >= 4 is 10.9 Å². The van der Waals surface area contributed by atoms with Crippen LogP contribution >= 0.6 is 0 Å². The van der Waals surface area contributed by atoms with Gasteiger partial charge in [0.2, 0.25) is 0 Å². The van der Waals surface area contributed by atoms with Crippen LogP contribution in [-0.4, -0.2) is 42.2 Å². The van der Waals surface area contributed by atoms with Crippen molar-refractivity contribution in [1.29, 1.82) is 0 Å². The van der Waals surface area contributed by atoms with Crippen molar-refractivity contribution < 1.29 is 0 Å². The zero-order valence-electron chi connectivity index (χ0n) is 13.0. The Kier molecular flexibility index (Phi) is 3.48. The molecule has 112 valence electrons. The highest BCUT2D eigenvalue weighted by Gasteiger charge is 2.20. The monoisotopic (exact) mass is 283 g/mol. The van der Waals surface area contributed by atoms with Crippen LogP contribution in [0.15, 0.2) is 18.2 Å². The first kappa shape index (κ1) is 13.4.